The molecule has 4 rings (SSSR count). The third-order valence-electron chi connectivity index (χ3n) is 6.04. The van der Waals surface area contributed by atoms with E-state index in [9.17, 15) is 27.6 Å². The predicted octanol–water partition coefficient (Wildman–Crippen LogP) is 3.05. The maximum Gasteiger partial charge on any atom is 0.335 e. The number of unbranched alkanes of at least 4 members (excludes halogenated alkanes) is 1. The molecule has 10 heteroatoms. The largest absolute Gasteiger partial charge is 0.478 e. The number of carbonyl (C=O) groups is 4. The van der Waals surface area contributed by atoms with Gasteiger partial charge >= 0.3 is 5.97 Å². The van der Waals surface area contributed by atoms with Crippen molar-refractivity contribution in [3.63, 3.8) is 0 Å². The molecule has 0 aromatic heterocycles. The normalized spacial score (nSPS) is 13.5. The van der Waals surface area contributed by atoms with Crippen LogP contribution >= 0.6 is 0 Å². The highest BCUT2D eigenvalue weighted by Crippen LogP contribution is 2.30. The van der Waals surface area contributed by atoms with Gasteiger partial charge in [0.05, 0.1) is 10.5 Å². The number of carboxylic acid groups (broad SMARTS) is 1. The average Bonchev–Trinajstić information content (AvgIpc) is 2.85. The summed E-state index contributed by atoms with van der Waals surface area (Å²) in [4.78, 5) is 49.3. The molecule has 0 atom stereocenters. The Balaban J connectivity index is 1.44. The minimum Gasteiger partial charge on any atom is -0.478 e. The van der Waals surface area contributed by atoms with Crippen LogP contribution in [0.2, 0.25) is 0 Å². The smallest absolute Gasteiger partial charge is 0.335 e. The van der Waals surface area contributed by atoms with E-state index < -0.39 is 16.0 Å². The molecule has 1 N–H and O–H groups in total. The molecule has 3 aromatic carbocycles. The minimum atomic E-state index is -4.14. The van der Waals surface area contributed by atoms with Gasteiger partial charge in [0.15, 0.2) is 6.29 Å². The Morgan fingerprint density at radius 1 is 1.00 bits per heavy atom. The van der Waals surface area contributed by atoms with Gasteiger partial charge in [0.25, 0.3) is 11.8 Å². The molecule has 0 saturated carbocycles. The van der Waals surface area contributed by atoms with Crippen molar-refractivity contribution in [2.75, 3.05) is 20.1 Å². The summed E-state index contributed by atoms with van der Waals surface area (Å²) in [5.74, 6) is -2.09. The molecule has 0 spiro atoms. The van der Waals surface area contributed by atoms with E-state index in [1.54, 1.807) is 24.3 Å². The molecule has 0 radical (unpaired) electrons. The number of carbonyl (C=O) groups excluding carboxylic acids is 3. The molecule has 0 saturated heterocycles. The lowest BCUT2D eigenvalue weighted by Crippen LogP contribution is -2.41. The first-order valence-corrected chi connectivity index (χ1v) is 12.3. The summed E-state index contributed by atoms with van der Waals surface area (Å²) in [6.07, 6.45) is 1.04. The Kier molecular flexibility index (Phi) is 6.51. The highest BCUT2D eigenvalue weighted by atomic mass is 32.2. The third kappa shape index (κ3) is 4.33. The lowest BCUT2D eigenvalue weighted by atomic mass is 9.94. The fraction of sp³-hybridized carbons (Fsp3) is 0.200. The van der Waals surface area contributed by atoms with Crippen molar-refractivity contribution >= 4 is 44.9 Å². The second-order valence-electron chi connectivity index (χ2n) is 8.18. The first-order valence-electron chi connectivity index (χ1n) is 10.8. The van der Waals surface area contributed by atoms with Crippen LogP contribution in [0.5, 0.6) is 0 Å². The number of imide groups is 1. The minimum absolute atomic E-state index is 0.0420. The number of sulfonamides is 1. The summed E-state index contributed by atoms with van der Waals surface area (Å²) < 4.78 is 27.0. The van der Waals surface area contributed by atoms with Crippen molar-refractivity contribution in [1.29, 1.82) is 0 Å². The van der Waals surface area contributed by atoms with Gasteiger partial charge in [0.2, 0.25) is 10.0 Å². The topological polar surface area (TPSA) is 129 Å². The molecule has 0 aliphatic carbocycles. The molecule has 0 fully saturated rings. The van der Waals surface area contributed by atoms with E-state index in [2.05, 4.69) is 0 Å². The van der Waals surface area contributed by atoms with Gasteiger partial charge in [-0.05, 0) is 48.6 Å². The highest BCUT2D eigenvalue weighted by molar-refractivity contribution is 7.89. The van der Waals surface area contributed by atoms with Crippen LogP contribution in [0, 0.1) is 0 Å². The van der Waals surface area contributed by atoms with Crippen molar-refractivity contribution in [3.8, 4) is 0 Å². The van der Waals surface area contributed by atoms with E-state index in [-0.39, 0.29) is 40.9 Å². The predicted molar refractivity (Wildman–Crippen MR) is 127 cm³/mol. The highest BCUT2D eigenvalue weighted by Gasteiger charge is 2.32. The maximum atomic E-state index is 13.0. The second kappa shape index (κ2) is 9.40. The van der Waals surface area contributed by atoms with E-state index in [1.807, 2.05) is 12.1 Å². The molecule has 0 unspecified atom stereocenters. The lowest BCUT2D eigenvalue weighted by Gasteiger charge is -2.27. The number of rotatable bonds is 9. The molecule has 35 heavy (non-hydrogen) atoms. The van der Waals surface area contributed by atoms with Crippen LogP contribution in [0.3, 0.4) is 0 Å². The standard InChI is InChI=1S/C25H22N2O7S/c1-26(35(33,34)21-14-17(25(31)32)10-11-18(21)15-28)12-2-3-13-27-23(29)19-8-4-6-16-7-5-9-20(22(16)19)24(27)30/h4-11,14-15H,2-3,12-13H2,1H3,(H,31,32). The van der Waals surface area contributed by atoms with Crippen LogP contribution in [0.25, 0.3) is 10.8 Å². The van der Waals surface area contributed by atoms with Gasteiger partial charge in [-0.3, -0.25) is 19.3 Å². The van der Waals surface area contributed by atoms with Crippen LogP contribution in [-0.4, -0.2) is 66.9 Å². The van der Waals surface area contributed by atoms with Gasteiger partial charge in [-0.1, -0.05) is 24.3 Å². The molecule has 2 amide bonds. The Morgan fingerprint density at radius 3 is 2.20 bits per heavy atom. The Hall–Kier alpha value is -3.89. The SMILES string of the molecule is CN(CCCCN1C(=O)c2cccc3cccc(c23)C1=O)S(=O)(=O)c1cc(C(=O)O)ccc1C=O. The zero-order valence-electron chi connectivity index (χ0n) is 18.8. The third-order valence-corrected chi connectivity index (χ3v) is 7.95. The summed E-state index contributed by atoms with van der Waals surface area (Å²) in [5.41, 5.74) is 0.522. The van der Waals surface area contributed by atoms with Gasteiger partial charge < -0.3 is 5.11 Å². The number of amides is 2. The fourth-order valence-electron chi connectivity index (χ4n) is 4.16. The molecule has 1 heterocycles. The fourth-order valence-corrected chi connectivity index (χ4v) is 5.56. The summed E-state index contributed by atoms with van der Waals surface area (Å²) in [7, 11) is -2.82. The number of aromatic carboxylic acids is 1. The summed E-state index contributed by atoms with van der Waals surface area (Å²) in [5, 5.41) is 10.6. The van der Waals surface area contributed by atoms with Crippen LogP contribution in [0.1, 0.15) is 54.3 Å². The number of carboxylic acids is 1. The maximum absolute atomic E-state index is 13.0. The van der Waals surface area contributed by atoms with Crippen molar-refractivity contribution in [2.24, 2.45) is 0 Å². The monoisotopic (exact) mass is 494 g/mol. The summed E-state index contributed by atoms with van der Waals surface area (Å²) in [6.45, 7) is 0.157. The number of aldehydes is 1. The molecular formula is C25H22N2O7S. The molecule has 9 nitrogen and oxygen atoms in total. The van der Waals surface area contributed by atoms with Gasteiger partial charge in [-0.15, -0.1) is 0 Å². The van der Waals surface area contributed by atoms with E-state index >= 15 is 0 Å². The van der Waals surface area contributed by atoms with Gasteiger partial charge in [-0.2, -0.15) is 0 Å². The molecule has 3 aromatic rings. The van der Waals surface area contributed by atoms with Crippen LogP contribution in [0.4, 0.5) is 0 Å². The van der Waals surface area contributed by atoms with E-state index in [4.69, 9.17) is 5.11 Å². The van der Waals surface area contributed by atoms with Gasteiger partial charge in [0.1, 0.15) is 0 Å². The molecule has 1 aliphatic heterocycles. The van der Waals surface area contributed by atoms with Crippen LogP contribution in [-0.2, 0) is 10.0 Å². The van der Waals surface area contributed by atoms with Crippen LogP contribution in [0.15, 0.2) is 59.5 Å². The second-order valence-corrected chi connectivity index (χ2v) is 10.2. The Labute approximate surface area is 201 Å². The van der Waals surface area contributed by atoms with E-state index in [0.29, 0.717) is 35.6 Å². The van der Waals surface area contributed by atoms with Gasteiger partial charge in [-0.25, -0.2) is 17.5 Å². The number of hydrogen-bond acceptors (Lipinski definition) is 6. The molecule has 180 valence electrons. The lowest BCUT2D eigenvalue weighted by molar-refractivity contribution is 0.0605. The zero-order chi connectivity index (χ0) is 25.3. The zero-order valence-corrected chi connectivity index (χ0v) is 19.6. The average molecular weight is 495 g/mol. The van der Waals surface area contributed by atoms with E-state index in [1.165, 1.54) is 11.9 Å². The van der Waals surface area contributed by atoms with Crippen molar-refractivity contribution in [1.82, 2.24) is 9.21 Å². The summed E-state index contributed by atoms with van der Waals surface area (Å²) in [6, 6.07) is 13.9. The molecule has 1 aliphatic rings. The number of benzene rings is 3. The quantitative estimate of drug-likeness (QED) is 0.275. The van der Waals surface area contributed by atoms with Crippen molar-refractivity contribution < 1.29 is 32.7 Å². The van der Waals surface area contributed by atoms with Crippen molar-refractivity contribution in [3.05, 3.63) is 76.9 Å². The summed E-state index contributed by atoms with van der Waals surface area (Å²) >= 11 is 0. The Bertz CT molecular complexity index is 1430. The first kappa shape index (κ1) is 24.2. The first-order chi connectivity index (χ1) is 16.7. The molecule has 0 bridgehead atoms. The van der Waals surface area contributed by atoms with E-state index in [0.717, 1.165) is 27.9 Å². The molecular weight excluding hydrogens is 472 g/mol. The number of nitrogens with zero attached hydrogens (tertiary/aromatic N) is 2. The van der Waals surface area contributed by atoms with Crippen LogP contribution < -0.4 is 0 Å². The van der Waals surface area contributed by atoms with Gasteiger partial charge in [0, 0.05) is 42.2 Å². The number of hydrogen-bond donors (Lipinski definition) is 1. The Morgan fingerprint density at radius 2 is 1.63 bits per heavy atom. The van der Waals surface area contributed by atoms with Crippen molar-refractivity contribution in [2.45, 2.75) is 17.7 Å².